The van der Waals surface area contributed by atoms with E-state index in [4.69, 9.17) is 9.72 Å². The van der Waals surface area contributed by atoms with Crippen molar-refractivity contribution in [3.05, 3.63) is 89.5 Å². The lowest BCUT2D eigenvalue weighted by Crippen LogP contribution is -2.29. The van der Waals surface area contributed by atoms with Gasteiger partial charge in [0.05, 0.1) is 23.7 Å². The molecule has 0 saturated heterocycles. The number of hydrogen-bond acceptors (Lipinski definition) is 4. The standard InChI is InChI=1S/C26H28N4O2/c1-18-10-8-14-24(19(18)2)32-17-9-16-30-23-13-5-4-11-21(23)29-25(30)20(3)28-26(31)22-12-6-7-15-27-22/h4-8,10-15,20H,9,16-17H2,1-3H3,(H,28,31). The van der Waals surface area contributed by atoms with Crippen LogP contribution in [0.25, 0.3) is 11.0 Å². The van der Waals surface area contributed by atoms with E-state index in [1.807, 2.05) is 37.3 Å². The molecule has 6 heteroatoms. The van der Waals surface area contributed by atoms with Crippen molar-refractivity contribution in [1.29, 1.82) is 0 Å². The molecule has 2 aromatic heterocycles. The molecule has 0 fully saturated rings. The highest BCUT2D eigenvalue weighted by molar-refractivity contribution is 5.92. The third-order valence-electron chi connectivity index (χ3n) is 5.66. The van der Waals surface area contributed by atoms with Crippen LogP contribution in [0.4, 0.5) is 0 Å². The summed E-state index contributed by atoms with van der Waals surface area (Å²) in [5.41, 5.74) is 4.75. The maximum Gasteiger partial charge on any atom is 0.270 e. The van der Waals surface area contributed by atoms with Gasteiger partial charge in [-0.05, 0) is 68.7 Å². The van der Waals surface area contributed by atoms with E-state index in [9.17, 15) is 4.79 Å². The van der Waals surface area contributed by atoms with E-state index < -0.39 is 0 Å². The van der Waals surface area contributed by atoms with Crippen LogP contribution in [-0.4, -0.2) is 27.0 Å². The molecule has 2 aromatic carbocycles. The van der Waals surface area contributed by atoms with E-state index >= 15 is 0 Å². The van der Waals surface area contributed by atoms with Crippen LogP contribution in [0.15, 0.2) is 66.9 Å². The fraction of sp³-hybridized carbons (Fsp3) is 0.269. The second-order valence-corrected chi connectivity index (χ2v) is 7.92. The Morgan fingerprint density at radius 3 is 2.69 bits per heavy atom. The van der Waals surface area contributed by atoms with Gasteiger partial charge in [0.25, 0.3) is 5.91 Å². The van der Waals surface area contributed by atoms with Crippen LogP contribution in [0.5, 0.6) is 5.75 Å². The molecule has 0 aliphatic heterocycles. The number of nitrogens with one attached hydrogen (secondary N) is 1. The fourth-order valence-corrected chi connectivity index (χ4v) is 3.78. The normalized spacial score (nSPS) is 12.0. The number of aromatic nitrogens is 3. The van der Waals surface area contributed by atoms with Gasteiger partial charge in [0.1, 0.15) is 17.3 Å². The van der Waals surface area contributed by atoms with Crippen molar-refractivity contribution in [1.82, 2.24) is 19.9 Å². The summed E-state index contributed by atoms with van der Waals surface area (Å²) in [4.78, 5) is 21.5. The smallest absolute Gasteiger partial charge is 0.270 e. The highest BCUT2D eigenvalue weighted by Crippen LogP contribution is 2.23. The molecule has 0 aliphatic rings. The summed E-state index contributed by atoms with van der Waals surface area (Å²) in [6.45, 7) is 7.46. The minimum absolute atomic E-state index is 0.213. The Morgan fingerprint density at radius 2 is 1.88 bits per heavy atom. The van der Waals surface area contributed by atoms with Gasteiger partial charge in [-0.15, -0.1) is 0 Å². The molecule has 2 heterocycles. The number of hydrogen-bond donors (Lipinski definition) is 1. The number of para-hydroxylation sites is 2. The van der Waals surface area contributed by atoms with Crippen LogP contribution in [0.3, 0.4) is 0 Å². The Bertz CT molecular complexity index is 1220. The summed E-state index contributed by atoms with van der Waals surface area (Å²) in [5.74, 6) is 1.54. The predicted molar refractivity (Wildman–Crippen MR) is 126 cm³/mol. The molecule has 1 amide bonds. The Hall–Kier alpha value is -3.67. The van der Waals surface area contributed by atoms with Gasteiger partial charge in [0.15, 0.2) is 0 Å². The molecule has 164 valence electrons. The predicted octanol–water partition coefficient (Wildman–Crippen LogP) is 5.01. The summed E-state index contributed by atoms with van der Waals surface area (Å²) in [6.07, 6.45) is 2.44. The first kappa shape index (κ1) is 21.6. The maximum absolute atomic E-state index is 12.6. The third-order valence-corrected chi connectivity index (χ3v) is 5.66. The van der Waals surface area contributed by atoms with Gasteiger partial charge in [-0.1, -0.05) is 30.3 Å². The van der Waals surface area contributed by atoms with Crippen LogP contribution < -0.4 is 10.1 Å². The number of benzene rings is 2. The van der Waals surface area contributed by atoms with Crippen molar-refractivity contribution < 1.29 is 9.53 Å². The van der Waals surface area contributed by atoms with Gasteiger partial charge in [-0.25, -0.2) is 4.98 Å². The number of fused-ring (bicyclic) bond motifs is 1. The number of nitrogens with zero attached hydrogens (tertiary/aromatic N) is 3. The molecule has 1 N–H and O–H groups in total. The average molecular weight is 429 g/mol. The van der Waals surface area contributed by atoms with Crippen molar-refractivity contribution >= 4 is 16.9 Å². The SMILES string of the molecule is Cc1cccc(OCCCn2c(C(C)NC(=O)c3ccccn3)nc3ccccc32)c1C. The summed E-state index contributed by atoms with van der Waals surface area (Å²) in [7, 11) is 0. The van der Waals surface area contributed by atoms with Crippen molar-refractivity contribution in [3.63, 3.8) is 0 Å². The van der Waals surface area contributed by atoms with Gasteiger partial charge in [-0.2, -0.15) is 0 Å². The van der Waals surface area contributed by atoms with E-state index in [0.717, 1.165) is 35.6 Å². The van der Waals surface area contributed by atoms with Crippen molar-refractivity contribution in [2.45, 2.75) is 39.8 Å². The number of pyridine rings is 1. The zero-order valence-electron chi connectivity index (χ0n) is 18.7. The van der Waals surface area contributed by atoms with Crippen LogP contribution in [0.1, 0.15) is 46.8 Å². The van der Waals surface area contributed by atoms with E-state index in [1.165, 1.54) is 11.1 Å². The second kappa shape index (κ2) is 9.64. The summed E-state index contributed by atoms with van der Waals surface area (Å²) in [5, 5.41) is 3.03. The van der Waals surface area contributed by atoms with Crippen LogP contribution in [-0.2, 0) is 6.54 Å². The quantitative estimate of drug-likeness (QED) is 0.401. The first-order valence-corrected chi connectivity index (χ1v) is 10.9. The maximum atomic E-state index is 12.6. The zero-order chi connectivity index (χ0) is 22.5. The largest absolute Gasteiger partial charge is 0.493 e. The zero-order valence-corrected chi connectivity index (χ0v) is 18.7. The Labute approximate surface area is 188 Å². The van der Waals surface area contributed by atoms with Gasteiger partial charge in [0, 0.05) is 12.7 Å². The number of ether oxygens (including phenoxy) is 1. The highest BCUT2D eigenvalue weighted by Gasteiger charge is 2.19. The summed E-state index contributed by atoms with van der Waals surface area (Å²) < 4.78 is 8.21. The molecule has 4 rings (SSSR count). The lowest BCUT2D eigenvalue weighted by molar-refractivity contribution is 0.0932. The number of rotatable bonds is 8. The lowest BCUT2D eigenvalue weighted by Gasteiger charge is -2.17. The Balaban J connectivity index is 1.48. The van der Waals surface area contributed by atoms with Crippen LogP contribution >= 0.6 is 0 Å². The Kier molecular flexibility index (Phi) is 6.50. The highest BCUT2D eigenvalue weighted by atomic mass is 16.5. The number of aryl methyl sites for hydroxylation is 2. The van der Waals surface area contributed by atoms with Crippen molar-refractivity contribution in [2.75, 3.05) is 6.61 Å². The molecule has 0 bridgehead atoms. The third kappa shape index (κ3) is 4.64. The average Bonchev–Trinajstić information content (AvgIpc) is 3.18. The first-order chi connectivity index (χ1) is 15.5. The minimum Gasteiger partial charge on any atom is -0.493 e. The molecule has 0 aliphatic carbocycles. The van der Waals surface area contributed by atoms with Gasteiger partial charge < -0.3 is 14.6 Å². The molecule has 1 unspecified atom stereocenters. The molecule has 32 heavy (non-hydrogen) atoms. The number of carbonyl (C=O) groups excluding carboxylic acids is 1. The van der Waals surface area contributed by atoms with Gasteiger partial charge in [-0.3, -0.25) is 9.78 Å². The molecule has 1 atom stereocenters. The van der Waals surface area contributed by atoms with E-state index in [2.05, 4.69) is 40.8 Å². The van der Waals surface area contributed by atoms with E-state index in [-0.39, 0.29) is 11.9 Å². The number of carbonyl (C=O) groups is 1. The topological polar surface area (TPSA) is 69.0 Å². The number of imidazole rings is 1. The molecular weight excluding hydrogens is 400 g/mol. The van der Waals surface area contributed by atoms with Crippen LogP contribution in [0.2, 0.25) is 0 Å². The van der Waals surface area contributed by atoms with Crippen LogP contribution in [0, 0.1) is 13.8 Å². The van der Waals surface area contributed by atoms with E-state index in [1.54, 1.807) is 24.4 Å². The molecule has 4 aromatic rings. The summed E-state index contributed by atoms with van der Waals surface area (Å²) in [6, 6.07) is 19.2. The number of amides is 1. The second-order valence-electron chi connectivity index (χ2n) is 7.92. The minimum atomic E-state index is -0.267. The van der Waals surface area contributed by atoms with Crippen molar-refractivity contribution in [3.8, 4) is 5.75 Å². The molecule has 6 nitrogen and oxygen atoms in total. The van der Waals surface area contributed by atoms with E-state index in [0.29, 0.717) is 12.3 Å². The van der Waals surface area contributed by atoms with Crippen molar-refractivity contribution in [2.24, 2.45) is 0 Å². The Morgan fingerprint density at radius 1 is 1.06 bits per heavy atom. The summed E-state index contributed by atoms with van der Waals surface area (Å²) >= 11 is 0. The van der Waals surface area contributed by atoms with Gasteiger partial charge >= 0.3 is 0 Å². The molecular formula is C26H28N4O2. The lowest BCUT2D eigenvalue weighted by atomic mass is 10.1. The fourth-order valence-electron chi connectivity index (χ4n) is 3.78. The molecule has 0 spiro atoms. The first-order valence-electron chi connectivity index (χ1n) is 10.9. The molecule has 0 saturated carbocycles. The monoisotopic (exact) mass is 428 g/mol. The molecule has 0 radical (unpaired) electrons. The van der Waals surface area contributed by atoms with Gasteiger partial charge in [0.2, 0.25) is 0 Å².